The molecule has 1 fully saturated rings. The predicted octanol–water partition coefficient (Wildman–Crippen LogP) is 1.24. The zero-order valence-electron chi connectivity index (χ0n) is 13.5. The molecule has 8 nitrogen and oxygen atoms in total. The highest BCUT2D eigenvalue weighted by Gasteiger charge is 2.29. The summed E-state index contributed by atoms with van der Waals surface area (Å²) in [7, 11) is 0. The van der Waals surface area contributed by atoms with Gasteiger partial charge in [-0.05, 0) is 6.92 Å². The summed E-state index contributed by atoms with van der Waals surface area (Å²) in [6.07, 6.45) is 2.70. The van der Waals surface area contributed by atoms with Gasteiger partial charge in [0.15, 0.2) is 11.6 Å². The number of carbonyl (C=O) groups excluding carboxylic acids is 1. The van der Waals surface area contributed by atoms with Crippen LogP contribution >= 0.6 is 0 Å². The maximum Gasteiger partial charge on any atom is 0.257 e. The van der Waals surface area contributed by atoms with E-state index in [1.165, 1.54) is 6.33 Å². The molecule has 0 bridgehead atoms. The quantitative estimate of drug-likeness (QED) is 0.915. The van der Waals surface area contributed by atoms with Crippen LogP contribution in [0.3, 0.4) is 0 Å². The van der Waals surface area contributed by atoms with E-state index in [1.807, 2.05) is 13.8 Å². The van der Waals surface area contributed by atoms with E-state index in [4.69, 9.17) is 4.74 Å². The van der Waals surface area contributed by atoms with Crippen LogP contribution in [0.2, 0.25) is 0 Å². The Morgan fingerprint density at radius 2 is 2.30 bits per heavy atom. The molecule has 1 amide bonds. The standard InChI is InChI=1S/C15H20N6O2/c1-9(2)13-18-14(20-19-13)12-7-21(4-5-23-12)15(22)11-6-16-8-17-10(11)3/h6,8-9,12H,4-5,7H2,1-3H3,(H,18,19,20). The van der Waals surface area contributed by atoms with Crippen molar-refractivity contribution in [2.45, 2.75) is 32.8 Å². The molecule has 1 atom stereocenters. The van der Waals surface area contributed by atoms with Crippen LogP contribution in [0.15, 0.2) is 12.5 Å². The van der Waals surface area contributed by atoms with Gasteiger partial charge < -0.3 is 9.64 Å². The lowest BCUT2D eigenvalue weighted by Gasteiger charge is -2.32. The van der Waals surface area contributed by atoms with Crippen molar-refractivity contribution >= 4 is 5.91 Å². The first-order valence-corrected chi connectivity index (χ1v) is 7.66. The second-order valence-corrected chi connectivity index (χ2v) is 5.87. The molecule has 0 radical (unpaired) electrons. The number of morpholine rings is 1. The second kappa shape index (κ2) is 6.41. The number of aromatic nitrogens is 5. The SMILES string of the molecule is Cc1ncncc1C(=O)N1CCOC(c2nc(C(C)C)n[nH]2)C1. The molecule has 8 heteroatoms. The number of aromatic amines is 1. The van der Waals surface area contributed by atoms with E-state index >= 15 is 0 Å². The fourth-order valence-corrected chi connectivity index (χ4v) is 2.46. The Bertz CT molecular complexity index is 699. The summed E-state index contributed by atoms with van der Waals surface area (Å²) in [6.45, 7) is 7.29. The summed E-state index contributed by atoms with van der Waals surface area (Å²) in [5, 5.41) is 7.11. The summed E-state index contributed by atoms with van der Waals surface area (Å²) in [6, 6.07) is 0. The first-order chi connectivity index (χ1) is 11.1. The van der Waals surface area contributed by atoms with Crippen LogP contribution in [0.1, 0.15) is 53.6 Å². The van der Waals surface area contributed by atoms with Crippen molar-refractivity contribution in [2.75, 3.05) is 19.7 Å². The molecule has 3 rings (SSSR count). The van der Waals surface area contributed by atoms with E-state index in [0.717, 1.165) is 5.82 Å². The molecule has 1 saturated heterocycles. The number of hydrogen-bond acceptors (Lipinski definition) is 6. The van der Waals surface area contributed by atoms with Crippen molar-refractivity contribution in [3.8, 4) is 0 Å². The van der Waals surface area contributed by atoms with Gasteiger partial charge in [0.1, 0.15) is 12.4 Å². The molecule has 0 spiro atoms. The molecule has 3 heterocycles. The van der Waals surface area contributed by atoms with Gasteiger partial charge in [0.05, 0.1) is 24.4 Å². The topological polar surface area (TPSA) is 96.9 Å². The molecule has 2 aromatic rings. The third kappa shape index (κ3) is 3.21. The number of nitrogens with zero attached hydrogens (tertiary/aromatic N) is 5. The van der Waals surface area contributed by atoms with Crippen LogP contribution in [0, 0.1) is 6.92 Å². The molecule has 1 aliphatic rings. The lowest BCUT2D eigenvalue weighted by molar-refractivity contribution is -0.0267. The van der Waals surface area contributed by atoms with Crippen molar-refractivity contribution in [1.82, 2.24) is 30.0 Å². The van der Waals surface area contributed by atoms with Crippen LogP contribution < -0.4 is 0 Å². The van der Waals surface area contributed by atoms with Crippen molar-refractivity contribution in [1.29, 1.82) is 0 Å². The van der Waals surface area contributed by atoms with Gasteiger partial charge in [0, 0.05) is 18.7 Å². The first-order valence-electron chi connectivity index (χ1n) is 7.66. The summed E-state index contributed by atoms with van der Waals surface area (Å²) >= 11 is 0. The highest BCUT2D eigenvalue weighted by Crippen LogP contribution is 2.22. The minimum atomic E-state index is -0.294. The summed E-state index contributed by atoms with van der Waals surface area (Å²) < 4.78 is 5.74. The summed E-state index contributed by atoms with van der Waals surface area (Å²) in [4.78, 5) is 26.9. The monoisotopic (exact) mass is 316 g/mol. The number of ether oxygens (including phenoxy) is 1. The predicted molar refractivity (Wildman–Crippen MR) is 81.8 cm³/mol. The van der Waals surface area contributed by atoms with Crippen LogP contribution in [0.5, 0.6) is 0 Å². The smallest absolute Gasteiger partial charge is 0.257 e. The van der Waals surface area contributed by atoms with Gasteiger partial charge >= 0.3 is 0 Å². The Balaban J connectivity index is 1.75. The Morgan fingerprint density at radius 3 is 3.00 bits per heavy atom. The van der Waals surface area contributed by atoms with Crippen molar-refractivity contribution in [3.05, 3.63) is 35.4 Å². The molecule has 0 aliphatic carbocycles. The van der Waals surface area contributed by atoms with E-state index in [2.05, 4.69) is 25.1 Å². The number of rotatable bonds is 3. The zero-order valence-corrected chi connectivity index (χ0v) is 13.5. The number of H-pyrrole nitrogens is 1. The number of hydrogen-bond donors (Lipinski definition) is 1. The van der Waals surface area contributed by atoms with Crippen molar-refractivity contribution < 1.29 is 9.53 Å². The Labute approximate surface area is 134 Å². The minimum Gasteiger partial charge on any atom is -0.367 e. The van der Waals surface area contributed by atoms with E-state index in [0.29, 0.717) is 36.8 Å². The zero-order chi connectivity index (χ0) is 16.4. The first kappa shape index (κ1) is 15.5. The largest absolute Gasteiger partial charge is 0.367 e. The average Bonchev–Trinajstić information content (AvgIpc) is 3.05. The Hall–Kier alpha value is -2.35. The van der Waals surface area contributed by atoms with Gasteiger partial charge in [0.2, 0.25) is 0 Å². The van der Waals surface area contributed by atoms with Crippen LogP contribution in [-0.2, 0) is 4.74 Å². The van der Waals surface area contributed by atoms with Gasteiger partial charge in [-0.3, -0.25) is 9.89 Å². The number of nitrogens with one attached hydrogen (secondary N) is 1. The molecular formula is C15H20N6O2. The van der Waals surface area contributed by atoms with Gasteiger partial charge in [-0.15, -0.1) is 0 Å². The van der Waals surface area contributed by atoms with Crippen molar-refractivity contribution in [2.24, 2.45) is 0 Å². The van der Waals surface area contributed by atoms with E-state index < -0.39 is 0 Å². The van der Waals surface area contributed by atoms with Crippen LogP contribution in [0.25, 0.3) is 0 Å². The second-order valence-electron chi connectivity index (χ2n) is 5.87. The number of carbonyl (C=O) groups is 1. The molecule has 0 saturated carbocycles. The van der Waals surface area contributed by atoms with E-state index in [1.54, 1.807) is 18.0 Å². The van der Waals surface area contributed by atoms with E-state index in [9.17, 15) is 4.79 Å². The molecule has 1 unspecified atom stereocenters. The van der Waals surface area contributed by atoms with Gasteiger partial charge in [-0.1, -0.05) is 13.8 Å². The fourth-order valence-electron chi connectivity index (χ4n) is 2.46. The Kier molecular flexibility index (Phi) is 4.33. The third-order valence-electron chi connectivity index (χ3n) is 3.84. The summed E-state index contributed by atoms with van der Waals surface area (Å²) in [5.41, 5.74) is 1.20. The van der Waals surface area contributed by atoms with Crippen LogP contribution in [-0.4, -0.2) is 55.7 Å². The maximum atomic E-state index is 12.7. The fraction of sp³-hybridized carbons (Fsp3) is 0.533. The summed E-state index contributed by atoms with van der Waals surface area (Å²) in [5.74, 6) is 1.57. The van der Waals surface area contributed by atoms with Crippen LogP contribution in [0.4, 0.5) is 0 Å². The van der Waals surface area contributed by atoms with Gasteiger partial charge in [-0.2, -0.15) is 5.10 Å². The molecule has 1 N–H and O–H groups in total. The van der Waals surface area contributed by atoms with E-state index in [-0.39, 0.29) is 17.9 Å². The highest BCUT2D eigenvalue weighted by atomic mass is 16.5. The normalized spacial score (nSPS) is 18.4. The van der Waals surface area contributed by atoms with Crippen molar-refractivity contribution in [3.63, 3.8) is 0 Å². The van der Waals surface area contributed by atoms with Gasteiger partial charge in [-0.25, -0.2) is 15.0 Å². The molecule has 23 heavy (non-hydrogen) atoms. The lowest BCUT2D eigenvalue weighted by Crippen LogP contribution is -2.42. The number of amides is 1. The molecular weight excluding hydrogens is 296 g/mol. The molecule has 1 aliphatic heterocycles. The molecule has 2 aromatic heterocycles. The highest BCUT2D eigenvalue weighted by molar-refractivity contribution is 5.94. The Morgan fingerprint density at radius 1 is 1.48 bits per heavy atom. The third-order valence-corrected chi connectivity index (χ3v) is 3.84. The minimum absolute atomic E-state index is 0.0833. The lowest BCUT2D eigenvalue weighted by atomic mass is 10.2. The molecule has 0 aromatic carbocycles. The average molecular weight is 316 g/mol. The maximum absolute atomic E-state index is 12.7. The number of aryl methyl sites for hydroxylation is 1. The van der Waals surface area contributed by atoms with Gasteiger partial charge in [0.25, 0.3) is 5.91 Å². The molecule has 122 valence electrons.